The van der Waals surface area contributed by atoms with Gasteiger partial charge in [-0.3, -0.25) is 9.59 Å². The number of ether oxygens (including phenoxy) is 1. The molecule has 0 saturated carbocycles. The first-order chi connectivity index (χ1) is 11.6. The minimum atomic E-state index is -0.205. The van der Waals surface area contributed by atoms with Crippen molar-refractivity contribution in [1.82, 2.24) is 0 Å². The number of benzene rings is 1. The Labute approximate surface area is 150 Å². The molecular formula is C19H20O3S2. The van der Waals surface area contributed by atoms with Crippen LogP contribution in [0.1, 0.15) is 50.5 Å². The van der Waals surface area contributed by atoms with Crippen molar-refractivity contribution in [2.75, 3.05) is 12.9 Å². The molecule has 0 saturated heterocycles. The van der Waals surface area contributed by atoms with E-state index in [1.165, 1.54) is 0 Å². The van der Waals surface area contributed by atoms with Gasteiger partial charge in [-0.25, -0.2) is 0 Å². The smallest absolute Gasteiger partial charge is 0.314 e. The quantitative estimate of drug-likeness (QED) is 0.444. The number of hydrogen-bond donors (Lipinski definition) is 0. The molecule has 1 heterocycles. The van der Waals surface area contributed by atoms with Gasteiger partial charge in [-0.1, -0.05) is 0 Å². The molecule has 1 aliphatic rings. The van der Waals surface area contributed by atoms with Gasteiger partial charge in [0, 0.05) is 25.8 Å². The molecule has 1 aromatic heterocycles. The zero-order valence-corrected chi connectivity index (χ0v) is 15.7. The fourth-order valence-electron chi connectivity index (χ4n) is 3.21. The lowest BCUT2D eigenvalue weighted by atomic mass is 9.99. The molecule has 2 aromatic rings. The number of thioether (sulfide) groups is 1. The number of ketones is 1. The molecule has 0 radical (unpaired) electrons. The van der Waals surface area contributed by atoms with E-state index in [9.17, 15) is 9.59 Å². The summed E-state index contributed by atoms with van der Waals surface area (Å²) in [5.41, 5.74) is 2.55. The molecule has 0 fully saturated rings. The third kappa shape index (κ3) is 3.03. The van der Waals surface area contributed by atoms with E-state index in [1.54, 1.807) is 23.1 Å². The maximum atomic E-state index is 13.0. The molecule has 3 rings (SSSR count). The van der Waals surface area contributed by atoms with Gasteiger partial charge in [-0.2, -0.15) is 0 Å². The van der Waals surface area contributed by atoms with Gasteiger partial charge in [-0.05, 0) is 62.8 Å². The van der Waals surface area contributed by atoms with Gasteiger partial charge in [0.1, 0.15) is 0 Å². The Bertz CT molecular complexity index is 775. The van der Waals surface area contributed by atoms with E-state index >= 15 is 0 Å². The lowest BCUT2D eigenvalue weighted by Gasteiger charge is -2.07. The highest BCUT2D eigenvalue weighted by molar-refractivity contribution is 7.98. The molecule has 0 aliphatic heterocycles. The van der Waals surface area contributed by atoms with E-state index in [4.69, 9.17) is 4.74 Å². The molecule has 0 spiro atoms. The number of fused-ring (bicyclic) bond motifs is 1. The van der Waals surface area contributed by atoms with Crippen molar-refractivity contribution < 1.29 is 14.3 Å². The number of rotatable bonds is 5. The van der Waals surface area contributed by atoms with Crippen LogP contribution in [0.15, 0.2) is 29.2 Å². The normalized spacial score (nSPS) is 16.0. The maximum absolute atomic E-state index is 13.0. The number of carbonyl (C=O) groups excluding carboxylic acids is 2. The first-order valence-electron chi connectivity index (χ1n) is 8.04. The molecule has 1 atom stereocenters. The second kappa shape index (κ2) is 7.11. The molecule has 0 N–H and O–H groups in total. The van der Waals surface area contributed by atoms with Crippen LogP contribution >= 0.6 is 23.1 Å². The second-order valence-electron chi connectivity index (χ2n) is 5.78. The molecule has 3 nitrogen and oxygen atoms in total. The fourth-order valence-corrected chi connectivity index (χ4v) is 4.95. The monoisotopic (exact) mass is 360 g/mol. The van der Waals surface area contributed by atoms with Gasteiger partial charge in [0.25, 0.3) is 0 Å². The van der Waals surface area contributed by atoms with Crippen molar-refractivity contribution in [3.05, 3.63) is 50.7 Å². The van der Waals surface area contributed by atoms with Crippen molar-refractivity contribution in [3.63, 3.8) is 0 Å². The van der Waals surface area contributed by atoms with Crippen LogP contribution in [0.3, 0.4) is 0 Å². The van der Waals surface area contributed by atoms with Crippen LogP contribution in [0.25, 0.3) is 0 Å². The van der Waals surface area contributed by atoms with E-state index in [0.29, 0.717) is 12.2 Å². The Morgan fingerprint density at radius 3 is 2.62 bits per heavy atom. The van der Waals surface area contributed by atoms with Gasteiger partial charge in [0.2, 0.25) is 0 Å². The summed E-state index contributed by atoms with van der Waals surface area (Å²) in [6.45, 7) is 4.18. The van der Waals surface area contributed by atoms with Gasteiger partial charge in [-0.15, -0.1) is 23.1 Å². The van der Waals surface area contributed by atoms with Gasteiger partial charge in [0.15, 0.2) is 5.78 Å². The van der Waals surface area contributed by atoms with Gasteiger partial charge < -0.3 is 4.74 Å². The summed E-state index contributed by atoms with van der Waals surface area (Å²) in [6, 6.07) is 7.72. The number of esters is 1. The largest absolute Gasteiger partial charge is 0.465 e. The lowest BCUT2D eigenvalue weighted by Crippen LogP contribution is -2.12. The molecule has 24 heavy (non-hydrogen) atoms. The van der Waals surface area contributed by atoms with E-state index in [1.807, 2.05) is 44.4 Å². The fraction of sp³-hybridized carbons (Fsp3) is 0.368. The van der Waals surface area contributed by atoms with Crippen molar-refractivity contribution in [1.29, 1.82) is 0 Å². The maximum Gasteiger partial charge on any atom is 0.314 e. The summed E-state index contributed by atoms with van der Waals surface area (Å²) in [5, 5.41) is 0. The van der Waals surface area contributed by atoms with Gasteiger partial charge >= 0.3 is 5.97 Å². The molecule has 1 aromatic carbocycles. The molecule has 5 heteroatoms. The summed E-state index contributed by atoms with van der Waals surface area (Å²) < 4.78 is 5.18. The highest BCUT2D eigenvalue weighted by atomic mass is 32.2. The number of carbonyl (C=O) groups is 2. The van der Waals surface area contributed by atoms with Crippen LogP contribution < -0.4 is 0 Å². The van der Waals surface area contributed by atoms with Crippen molar-refractivity contribution in [2.24, 2.45) is 0 Å². The van der Waals surface area contributed by atoms with Crippen LogP contribution in [-0.4, -0.2) is 24.6 Å². The summed E-state index contributed by atoms with van der Waals surface area (Å²) in [6.07, 6.45) is 3.53. The van der Waals surface area contributed by atoms with Crippen LogP contribution in [0, 0.1) is 6.92 Å². The first-order valence-corrected chi connectivity index (χ1v) is 10.1. The number of hydrogen-bond acceptors (Lipinski definition) is 5. The zero-order valence-electron chi connectivity index (χ0n) is 14.0. The summed E-state index contributed by atoms with van der Waals surface area (Å²) in [7, 11) is 0. The van der Waals surface area contributed by atoms with E-state index in [2.05, 4.69) is 0 Å². The lowest BCUT2D eigenvalue weighted by molar-refractivity contribution is -0.144. The van der Waals surface area contributed by atoms with Crippen LogP contribution in [0.5, 0.6) is 0 Å². The number of aryl methyl sites for hydroxylation is 1. The Hall–Kier alpha value is -1.59. The van der Waals surface area contributed by atoms with Crippen molar-refractivity contribution >= 4 is 34.9 Å². The third-order valence-electron chi connectivity index (χ3n) is 4.36. The topological polar surface area (TPSA) is 43.4 Å². The van der Waals surface area contributed by atoms with Crippen LogP contribution in [-0.2, 0) is 16.0 Å². The summed E-state index contributed by atoms with van der Waals surface area (Å²) in [5.74, 6) is -0.313. The number of thiophene rings is 1. The van der Waals surface area contributed by atoms with Gasteiger partial charge in [0.05, 0.1) is 12.5 Å². The van der Waals surface area contributed by atoms with Crippen LogP contribution in [0.2, 0.25) is 0 Å². The Morgan fingerprint density at radius 1 is 1.29 bits per heavy atom. The minimum absolute atomic E-state index is 0.0576. The predicted octanol–water partition coefficient (Wildman–Crippen LogP) is 4.60. The highest BCUT2D eigenvalue weighted by Crippen LogP contribution is 2.43. The standard InChI is InChI=1S/C19H20O3S2/c1-4-22-19(21)15-10-9-14-16(11(2)24-18(14)15)17(20)12-5-7-13(23-3)8-6-12/h5-8,15H,4,9-10H2,1-3H3. The third-order valence-corrected chi connectivity index (χ3v) is 6.37. The first kappa shape index (κ1) is 17.2. The Balaban J connectivity index is 1.94. The molecule has 1 aliphatic carbocycles. The molecule has 126 valence electrons. The Kier molecular flexibility index (Phi) is 5.11. The summed E-state index contributed by atoms with van der Waals surface area (Å²) >= 11 is 3.23. The Morgan fingerprint density at radius 2 is 2.00 bits per heavy atom. The van der Waals surface area contributed by atoms with E-state index in [0.717, 1.165) is 38.6 Å². The molecular weight excluding hydrogens is 340 g/mol. The highest BCUT2D eigenvalue weighted by Gasteiger charge is 2.36. The molecule has 0 bridgehead atoms. The summed E-state index contributed by atoms with van der Waals surface area (Å²) in [4.78, 5) is 28.3. The average Bonchev–Trinajstić information content (AvgIpc) is 3.12. The van der Waals surface area contributed by atoms with E-state index in [-0.39, 0.29) is 17.7 Å². The second-order valence-corrected chi connectivity index (χ2v) is 7.91. The average molecular weight is 361 g/mol. The molecule has 0 amide bonds. The SMILES string of the molecule is CCOC(=O)C1CCc2c1sc(C)c2C(=O)c1ccc(SC)cc1. The predicted molar refractivity (Wildman–Crippen MR) is 98.4 cm³/mol. The zero-order chi connectivity index (χ0) is 17.3. The van der Waals surface area contributed by atoms with Crippen molar-refractivity contribution in [2.45, 2.75) is 37.5 Å². The minimum Gasteiger partial charge on any atom is -0.465 e. The van der Waals surface area contributed by atoms with Crippen molar-refractivity contribution in [3.8, 4) is 0 Å². The van der Waals surface area contributed by atoms with Crippen LogP contribution in [0.4, 0.5) is 0 Å². The molecule has 1 unspecified atom stereocenters. The van der Waals surface area contributed by atoms with E-state index < -0.39 is 0 Å².